The Morgan fingerprint density at radius 3 is 2.35 bits per heavy atom. The van der Waals surface area contributed by atoms with Crippen LogP contribution in [-0.2, 0) is 0 Å². The molecule has 1 saturated heterocycles. The summed E-state index contributed by atoms with van der Waals surface area (Å²) in [7, 11) is 2.22. The molecule has 0 spiro atoms. The molecule has 1 fully saturated rings. The molecule has 1 heterocycles. The first-order valence-corrected chi connectivity index (χ1v) is 9.59. The Labute approximate surface area is 147 Å². The van der Waals surface area contributed by atoms with Crippen LogP contribution in [0, 0.1) is 5.92 Å². The number of benzene rings is 1. The number of hydrogen-bond acceptors (Lipinski definition) is 2. The maximum absolute atomic E-state index is 6.05. The second-order valence-electron chi connectivity index (χ2n) is 7.54. The topological polar surface area (TPSA) is 15.3 Å². The van der Waals surface area contributed by atoms with Crippen LogP contribution >= 0.6 is 11.6 Å². The zero-order valence-electron chi connectivity index (χ0n) is 15.0. The van der Waals surface area contributed by atoms with Gasteiger partial charge in [0.05, 0.1) is 0 Å². The average Bonchev–Trinajstić information content (AvgIpc) is 2.53. The lowest BCUT2D eigenvalue weighted by atomic mass is 9.88. The predicted molar refractivity (Wildman–Crippen MR) is 101 cm³/mol. The standard InChI is InChI=1S/C20H33ClN2/c1-16(2)4-5-18(17-6-8-19(21)9-7-17)10-13-22-20-11-14-23(3)15-12-20/h6-9,16,18,20,22H,4-5,10-15H2,1-3H3/t18-/m1/s1. The molecule has 1 atom stereocenters. The average molecular weight is 337 g/mol. The Morgan fingerprint density at radius 2 is 1.74 bits per heavy atom. The van der Waals surface area contributed by atoms with E-state index in [0.717, 1.165) is 17.5 Å². The number of nitrogens with zero attached hydrogens (tertiary/aromatic N) is 1. The Kier molecular flexibility index (Phi) is 7.88. The Bertz CT molecular complexity index is 435. The van der Waals surface area contributed by atoms with E-state index in [1.54, 1.807) is 0 Å². The van der Waals surface area contributed by atoms with Gasteiger partial charge < -0.3 is 10.2 Å². The van der Waals surface area contributed by atoms with Crippen molar-refractivity contribution in [3.8, 4) is 0 Å². The van der Waals surface area contributed by atoms with Gasteiger partial charge in [-0.05, 0) is 81.9 Å². The van der Waals surface area contributed by atoms with E-state index in [2.05, 4.69) is 43.2 Å². The Morgan fingerprint density at radius 1 is 1.09 bits per heavy atom. The van der Waals surface area contributed by atoms with Gasteiger partial charge in [0.15, 0.2) is 0 Å². The number of hydrogen-bond donors (Lipinski definition) is 1. The van der Waals surface area contributed by atoms with E-state index in [9.17, 15) is 0 Å². The Balaban J connectivity index is 1.83. The quantitative estimate of drug-likeness (QED) is 0.723. The highest BCUT2D eigenvalue weighted by molar-refractivity contribution is 6.30. The van der Waals surface area contributed by atoms with Crippen molar-refractivity contribution in [2.45, 2.75) is 57.9 Å². The van der Waals surface area contributed by atoms with E-state index < -0.39 is 0 Å². The number of rotatable bonds is 8. The van der Waals surface area contributed by atoms with Crippen LogP contribution < -0.4 is 5.32 Å². The molecule has 2 rings (SSSR count). The van der Waals surface area contributed by atoms with E-state index in [4.69, 9.17) is 11.6 Å². The zero-order chi connectivity index (χ0) is 16.7. The van der Waals surface area contributed by atoms with Gasteiger partial charge in [0, 0.05) is 11.1 Å². The molecule has 1 N–H and O–H groups in total. The summed E-state index contributed by atoms with van der Waals surface area (Å²) in [6, 6.07) is 9.20. The molecule has 1 aromatic carbocycles. The lowest BCUT2D eigenvalue weighted by Crippen LogP contribution is -2.41. The summed E-state index contributed by atoms with van der Waals surface area (Å²) in [5.74, 6) is 1.42. The van der Waals surface area contributed by atoms with Crippen LogP contribution in [0.25, 0.3) is 0 Å². The van der Waals surface area contributed by atoms with Crippen LogP contribution in [0.5, 0.6) is 0 Å². The van der Waals surface area contributed by atoms with Crippen molar-refractivity contribution in [2.24, 2.45) is 5.92 Å². The summed E-state index contributed by atoms with van der Waals surface area (Å²) in [5, 5.41) is 4.62. The predicted octanol–water partition coefficient (Wildman–Crippen LogP) is 4.93. The fraction of sp³-hybridized carbons (Fsp3) is 0.700. The minimum absolute atomic E-state index is 0.647. The molecule has 0 saturated carbocycles. The summed E-state index contributed by atoms with van der Waals surface area (Å²) in [4.78, 5) is 2.43. The van der Waals surface area contributed by atoms with Crippen molar-refractivity contribution in [3.63, 3.8) is 0 Å². The molecule has 1 aliphatic heterocycles. The first-order valence-electron chi connectivity index (χ1n) is 9.22. The van der Waals surface area contributed by atoms with Crippen molar-refractivity contribution < 1.29 is 0 Å². The summed E-state index contributed by atoms with van der Waals surface area (Å²) < 4.78 is 0. The highest BCUT2D eigenvalue weighted by Gasteiger charge is 2.17. The number of nitrogens with one attached hydrogen (secondary N) is 1. The van der Waals surface area contributed by atoms with Gasteiger partial charge in [0.1, 0.15) is 0 Å². The minimum atomic E-state index is 0.647. The van der Waals surface area contributed by atoms with Gasteiger partial charge in [-0.2, -0.15) is 0 Å². The van der Waals surface area contributed by atoms with Crippen LogP contribution in [-0.4, -0.2) is 37.6 Å². The van der Waals surface area contributed by atoms with Gasteiger partial charge >= 0.3 is 0 Å². The van der Waals surface area contributed by atoms with Crippen molar-refractivity contribution in [3.05, 3.63) is 34.9 Å². The highest BCUT2D eigenvalue weighted by atomic mass is 35.5. The van der Waals surface area contributed by atoms with E-state index in [0.29, 0.717) is 12.0 Å². The highest BCUT2D eigenvalue weighted by Crippen LogP contribution is 2.27. The molecule has 0 aliphatic carbocycles. The number of likely N-dealkylation sites (tertiary alicyclic amines) is 1. The van der Waals surface area contributed by atoms with Crippen LogP contribution in [0.4, 0.5) is 0 Å². The molecular formula is C20H33ClN2. The fourth-order valence-electron chi connectivity index (χ4n) is 3.42. The van der Waals surface area contributed by atoms with E-state index in [-0.39, 0.29) is 0 Å². The molecule has 3 heteroatoms. The van der Waals surface area contributed by atoms with Gasteiger partial charge in [-0.15, -0.1) is 0 Å². The van der Waals surface area contributed by atoms with Gasteiger partial charge in [0.25, 0.3) is 0 Å². The zero-order valence-corrected chi connectivity index (χ0v) is 15.8. The first-order chi connectivity index (χ1) is 11.0. The summed E-state index contributed by atoms with van der Waals surface area (Å²) in [6.45, 7) is 8.21. The van der Waals surface area contributed by atoms with E-state index in [1.807, 2.05) is 12.1 Å². The molecule has 1 aromatic rings. The first kappa shape index (κ1) is 18.8. The van der Waals surface area contributed by atoms with Gasteiger partial charge in [-0.1, -0.05) is 44.0 Å². The third kappa shape index (κ3) is 6.82. The number of piperidine rings is 1. The fourth-order valence-corrected chi connectivity index (χ4v) is 3.55. The Hall–Kier alpha value is -0.570. The molecule has 130 valence electrons. The van der Waals surface area contributed by atoms with Crippen molar-refractivity contribution in [1.82, 2.24) is 10.2 Å². The molecule has 23 heavy (non-hydrogen) atoms. The smallest absolute Gasteiger partial charge is 0.0406 e. The molecule has 1 aliphatic rings. The molecular weight excluding hydrogens is 304 g/mol. The molecule has 0 radical (unpaired) electrons. The van der Waals surface area contributed by atoms with Gasteiger partial charge in [0.2, 0.25) is 0 Å². The third-order valence-electron chi connectivity index (χ3n) is 5.08. The lowest BCUT2D eigenvalue weighted by Gasteiger charge is -2.30. The monoisotopic (exact) mass is 336 g/mol. The summed E-state index contributed by atoms with van der Waals surface area (Å²) in [6.07, 6.45) is 6.36. The summed E-state index contributed by atoms with van der Waals surface area (Å²) in [5.41, 5.74) is 1.44. The van der Waals surface area contributed by atoms with Crippen LogP contribution in [0.3, 0.4) is 0 Å². The van der Waals surface area contributed by atoms with Crippen molar-refractivity contribution in [2.75, 3.05) is 26.7 Å². The molecule has 0 bridgehead atoms. The van der Waals surface area contributed by atoms with E-state index >= 15 is 0 Å². The largest absolute Gasteiger partial charge is 0.314 e. The molecule has 2 nitrogen and oxygen atoms in total. The van der Waals surface area contributed by atoms with Crippen LogP contribution in [0.1, 0.15) is 57.4 Å². The molecule has 0 aromatic heterocycles. The maximum atomic E-state index is 6.05. The normalized spacial score (nSPS) is 18.5. The summed E-state index contributed by atoms with van der Waals surface area (Å²) >= 11 is 6.05. The number of halogens is 1. The maximum Gasteiger partial charge on any atom is 0.0406 e. The molecule has 0 amide bonds. The SMILES string of the molecule is CC(C)CC[C@H](CCNC1CCN(C)CC1)c1ccc(Cl)cc1. The lowest BCUT2D eigenvalue weighted by molar-refractivity contribution is 0.233. The third-order valence-corrected chi connectivity index (χ3v) is 5.33. The molecule has 0 unspecified atom stereocenters. The van der Waals surface area contributed by atoms with Crippen molar-refractivity contribution in [1.29, 1.82) is 0 Å². The van der Waals surface area contributed by atoms with Crippen molar-refractivity contribution >= 4 is 11.6 Å². The van der Waals surface area contributed by atoms with E-state index in [1.165, 1.54) is 50.8 Å². The minimum Gasteiger partial charge on any atom is -0.314 e. The van der Waals surface area contributed by atoms with Crippen LogP contribution in [0.15, 0.2) is 24.3 Å². The van der Waals surface area contributed by atoms with Gasteiger partial charge in [-0.25, -0.2) is 0 Å². The second kappa shape index (κ2) is 9.66. The second-order valence-corrected chi connectivity index (χ2v) is 7.98. The van der Waals surface area contributed by atoms with Crippen LogP contribution in [0.2, 0.25) is 5.02 Å². The van der Waals surface area contributed by atoms with Gasteiger partial charge in [-0.3, -0.25) is 0 Å².